The normalized spacial score (nSPS) is 15.2. The minimum absolute atomic E-state index is 0. The highest BCUT2D eigenvalue weighted by atomic mass is 35.5. The molecule has 2 aromatic heterocycles. The van der Waals surface area contributed by atoms with E-state index >= 15 is 0 Å². The number of fused-ring (bicyclic) bond motifs is 1. The van der Waals surface area contributed by atoms with Gasteiger partial charge in [-0.3, -0.25) is 4.90 Å². The second-order valence-corrected chi connectivity index (χ2v) is 7.74. The minimum Gasteiger partial charge on any atom is -0.353 e. The van der Waals surface area contributed by atoms with Gasteiger partial charge in [0.1, 0.15) is 16.5 Å². The van der Waals surface area contributed by atoms with E-state index in [4.69, 9.17) is 4.98 Å². The van der Waals surface area contributed by atoms with Crippen molar-refractivity contribution in [2.24, 2.45) is 0 Å². The Kier molecular flexibility index (Phi) is 6.12. The number of aromatic nitrogens is 2. The molecule has 1 saturated heterocycles. The highest BCUT2D eigenvalue weighted by Gasteiger charge is 2.21. The number of halogens is 1. The molecule has 1 aromatic carbocycles. The first-order valence-corrected chi connectivity index (χ1v) is 9.83. The van der Waals surface area contributed by atoms with Gasteiger partial charge in [-0.1, -0.05) is 37.3 Å². The van der Waals surface area contributed by atoms with E-state index in [1.807, 2.05) is 6.92 Å². The minimum atomic E-state index is 0. The van der Waals surface area contributed by atoms with Crippen LogP contribution in [0.15, 0.2) is 36.4 Å². The maximum absolute atomic E-state index is 4.78. The van der Waals surface area contributed by atoms with Crippen LogP contribution in [0.25, 0.3) is 10.2 Å². The van der Waals surface area contributed by atoms with Crippen LogP contribution in [0, 0.1) is 6.92 Å². The third kappa shape index (κ3) is 4.00. The Morgan fingerprint density at radius 3 is 2.46 bits per heavy atom. The van der Waals surface area contributed by atoms with Gasteiger partial charge < -0.3 is 4.90 Å². The van der Waals surface area contributed by atoms with Gasteiger partial charge in [0.05, 0.1) is 5.39 Å². The Hall–Kier alpha value is -1.69. The van der Waals surface area contributed by atoms with Gasteiger partial charge in [-0.15, -0.1) is 23.7 Å². The number of nitrogens with zero attached hydrogens (tertiary/aromatic N) is 4. The number of aryl methyl sites for hydroxylation is 2. The molecule has 4 nitrogen and oxygen atoms in total. The standard InChI is InChI=1S/C20H24N4S.ClH/c1-3-17-13-18-19(21-15(2)22-20(18)25-17)24-11-9-23(10-12-24)14-16-7-5-4-6-8-16;/h4-8,13H,3,9-12,14H2,1-2H3;1H. The molecule has 0 aliphatic carbocycles. The summed E-state index contributed by atoms with van der Waals surface area (Å²) in [5.74, 6) is 2.00. The molecule has 0 spiro atoms. The first-order valence-electron chi connectivity index (χ1n) is 9.01. The van der Waals surface area contributed by atoms with E-state index in [0.717, 1.165) is 55.6 Å². The first-order chi connectivity index (χ1) is 12.2. The van der Waals surface area contributed by atoms with E-state index in [2.05, 4.69) is 58.1 Å². The number of anilines is 1. The van der Waals surface area contributed by atoms with Crippen LogP contribution in [-0.4, -0.2) is 41.0 Å². The van der Waals surface area contributed by atoms with Gasteiger partial charge >= 0.3 is 0 Å². The molecule has 26 heavy (non-hydrogen) atoms. The van der Waals surface area contributed by atoms with Gasteiger partial charge in [-0.25, -0.2) is 9.97 Å². The number of rotatable bonds is 4. The van der Waals surface area contributed by atoms with Crippen molar-refractivity contribution < 1.29 is 0 Å². The molecule has 0 saturated carbocycles. The number of piperazine rings is 1. The van der Waals surface area contributed by atoms with Crippen LogP contribution in [-0.2, 0) is 13.0 Å². The molecule has 1 aliphatic rings. The summed E-state index contributed by atoms with van der Waals surface area (Å²) in [4.78, 5) is 16.9. The molecule has 4 rings (SSSR count). The van der Waals surface area contributed by atoms with Gasteiger partial charge in [-0.2, -0.15) is 0 Å². The molecule has 3 heterocycles. The molecule has 6 heteroatoms. The van der Waals surface area contributed by atoms with Crippen LogP contribution in [0.1, 0.15) is 23.2 Å². The van der Waals surface area contributed by atoms with E-state index in [1.54, 1.807) is 11.3 Å². The maximum Gasteiger partial charge on any atom is 0.141 e. The van der Waals surface area contributed by atoms with Crippen LogP contribution in [0.2, 0.25) is 0 Å². The van der Waals surface area contributed by atoms with Crippen LogP contribution < -0.4 is 4.90 Å². The Balaban J connectivity index is 0.00000196. The fourth-order valence-electron chi connectivity index (χ4n) is 3.43. The van der Waals surface area contributed by atoms with E-state index in [0.29, 0.717) is 0 Å². The molecule has 0 unspecified atom stereocenters. The highest BCUT2D eigenvalue weighted by Crippen LogP contribution is 2.31. The van der Waals surface area contributed by atoms with Crippen LogP contribution >= 0.6 is 23.7 Å². The molecule has 138 valence electrons. The lowest BCUT2D eigenvalue weighted by Gasteiger charge is -2.35. The average Bonchev–Trinajstić information content (AvgIpc) is 3.05. The van der Waals surface area contributed by atoms with Crippen molar-refractivity contribution in [2.75, 3.05) is 31.1 Å². The summed E-state index contributed by atoms with van der Waals surface area (Å²) in [6.45, 7) is 9.43. The average molecular weight is 389 g/mol. The molecule has 1 fully saturated rings. The molecule has 0 atom stereocenters. The summed E-state index contributed by atoms with van der Waals surface area (Å²) >= 11 is 1.80. The number of hydrogen-bond donors (Lipinski definition) is 0. The summed E-state index contributed by atoms with van der Waals surface area (Å²) in [6, 6.07) is 13.0. The van der Waals surface area contributed by atoms with E-state index < -0.39 is 0 Å². The topological polar surface area (TPSA) is 32.3 Å². The van der Waals surface area contributed by atoms with Gasteiger partial charge in [0.25, 0.3) is 0 Å². The molecule has 0 amide bonds. The lowest BCUT2D eigenvalue weighted by molar-refractivity contribution is 0.249. The fraction of sp³-hybridized carbons (Fsp3) is 0.400. The molecular formula is C20H25ClN4S. The lowest BCUT2D eigenvalue weighted by Crippen LogP contribution is -2.46. The monoisotopic (exact) mass is 388 g/mol. The van der Waals surface area contributed by atoms with E-state index in [1.165, 1.54) is 15.8 Å². The zero-order valence-corrected chi connectivity index (χ0v) is 16.9. The van der Waals surface area contributed by atoms with Crippen molar-refractivity contribution >= 4 is 39.8 Å². The van der Waals surface area contributed by atoms with Gasteiger partial charge in [0.2, 0.25) is 0 Å². The Labute approximate surface area is 165 Å². The van der Waals surface area contributed by atoms with Crippen molar-refractivity contribution in [3.8, 4) is 0 Å². The quantitative estimate of drug-likeness (QED) is 0.666. The number of thiophene rings is 1. The summed E-state index contributed by atoms with van der Waals surface area (Å²) in [7, 11) is 0. The predicted molar refractivity (Wildman–Crippen MR) is 113 cm³/mol. The van der Waals surface area contributed by atoms with Gasteiger partial charge in [0.15, 0.2) is 0 Å². The van der Waals surface area contributed by atoms with Crippen molar-refractivity contribution in [2.45, 2.75) is 26.8 Å². The zero-order valence-electron chi connectivity index (χ0n) is 15.3. The Bertz CT molecular complexity index is 857. The highest BCUT2D eigenvalue weighted by molar-refractivity contribution is 7.18. The second-order valence-electron chi connectivity index (χ2n) is 6.63. The van der Waals surface area contributed by atoms with Crippen molar-refractivity contribution in [1.29, 1.82) is 0 Å². The Morgan fingerprint density at radius 2 is 1.77 bits per heavy atom. The van der Waals surface area contributed by atoms with Crippen LogP contribution in [0.3, 0.4) is 0 Å². The van der Waals surface area contributed by atoms with Crippen molar-refractivity contribution in [3.05, 3.63) is 52.7 Å². The maximum atomic E-state index is 4.78. The second kappa shape index (κ2) is 8.33. The smallest absolute Gasteiger partial charge is 0.141 e. The summed E-state index contributed by atoms with van der Waals surface area (Å²) in [5.41, 5.74) is 1.39. The third-order valence-electron chi connectivity index (χ3n) is 4.80. The van der Waals surface area contributed by atoms with E-state index in [-0.39, 0.29) is 12.4 Å². The molecule has 0 bridgehead atoms. The van der Waals surface area contributed by atoms with Crippen LogP contribution in [0.4, 0.5) is 5.82 Å². The predicted octanol–water partition coefficient (Wildman–Crippen LogP) is 4.31. The number of hydrogen-bond acceptors (Lipinski definition) is 5. The summed E-state index contributed by atoms with van der Waals surface area (Å²) in [5, 5.41) is 1.23. The van der Waals surface area contributed by atoms with Crippen molar-refractivity contribution in [1.82, 2.24) is 14.9 Å². The molecule has 0 radical (unpaired) electrons. The summed E-state index contributed by atoms with van der Waals surface area (Å²) < 4.78 is 0. The summed E-state index contributed by atoms with van der Waals surface area (Å²) in [6.07, 6.45) is 1.06. The molecule has 1 aliphatic heterocycles. The lowest BCUT2D eigenvalue weighted by atomic mass is 10.2. The molecule has 3 aromatic rings. The Morgan fingerprint density at radius 1 is 1.04 bits per heavy atom. The SMILES string of the molecule is CCc1cc2c(N3CCN(Cc4ccccc4)CC3)nc(C)nc2s1.Cl. The third-order valence-corrected chi connectivity index (χ3v) is 5.98. The number of benzene rings is 1. The van der Waals surface area contributed by atoms with Gasteiger partial charge in [0, 0.05) is 37.6 Å². The fourth-order valence-corrected chi connectivity index (χ4v) is 4.44. The first kappa shape index (κ1) is 19.1. The van der Waals surface area contributed by atoms with Crippen LogP contribution in [0.5, 0.6) is 0 Å². The van der Waals surface area contributed by atoms with E-state index in [9.17, 15) is 0 Å². The van der Waals surface area contributed by atoms with Crippen molar-refractivity contribution in [3.63, 3.8) is 0 Å². The molecular weight excluding hydrogens is 364 g/mol. The largest absolute Gasteiger partial charge is 0.353 e. The van der Waals surface area contributed by atoms with Gasteiger partial charge in [-0.05, 0) is 25.0 Å². The molecule has 0 N–H and O–H groups in total. The zero-order chi connectivity index (χ0) is 17.2.